The number of aryl methyl sites for hydroxylation is 2. The summed E-state index contributed by atoms with van der Waals surface area (Å²) in [5.74, 6) is -0.187. The monoisotopic (exact) mass is 404 g/mol. The number of hydrogen-bond donors (Lipinski definition) is 1. The molecule has 0 unspecified atom stereocenters. The van der Waals surface area contributed by atoms with Crippen molar-refractivity contribution >= 4 is 17.7 Å². The summed E-state index contributed by atoms with van der Waals surface area (Å²) in [6.45, 7) is 6.44. The Bertz CT molecular complexity index is 1060. The Hall–Kier alpha value is -3.61. The molecule has 3 aromatic rings. The van der Waals surface area contributed by atoms with Crippen molar-refractivity contribution in [2.75, 3.05) is 31.1 Å². The molecular formula is C23H24N4O3. The number of hydrogen-bond acceptors (Lipinski definition) is 4. The molecule has 0 aliphatic carbocycles. The quantitative estimate of drug-likeness (QED) is 0.723. The van der Waals surface area contributed by atoms with E-state index in [9.17, 15) is 14.7 Å². The normalized spacial score (nSPS) is 14.1. The maximum absolute atomic E-state index is 13.2. The molecule has 1 saturated heterocycles. The van der Waals surface area contributed by atoms with Crippen LogP contribution in [-0.4, -0.2) is 57.6 Å². The van der Waals surface area contributed by atoms with Gasteiger partial charge in [0.05, 0.1) is 11.3 Å². The minimum atomic E-state index is -1.01. The third-order valence-corrected chi connectivity index (χ3v) is 5.53. The molecule has 1 aliphatic rings. The lowest BCUT2D eigenvalue weighted by atomic mass is 10.1. The minimum Gasteiger partial charge on any atom is -0.478 e. The summed E-state index contributed by atoms with van der Waals surface area (Å²) in [5, 5.41) is 9.64. The average molecular weight is 404 g/mol. The predicted octanol–water partition coefficient (Wildman–Crippen LogP) is 3.15. The Morgan fingerprint density at radius 2 is 1.63 bits per heavy atom. The Balaban J connectivity index is 1.58. The van der Waals surface area contributed by atoms with Gasteiger partial charge in [-0.25, -0.2) is 9.78 Å². The Kier molecular flexibility index (Phi) is 5.27. The third kappa shape index (κ3) is 3.66. The molecule has 1 aromatic carbocycles. The van der Waals surface area contributed by atoms with Crippen LogP contribution in [0.15, 0.2) is 54.7 Å². The maximum Gasteiger partial charge on any atom is 0.337 e. The number of aromatic nitrogens is 2. The number of benzene rings is 1. The van der Waals surface area contributed by atoms with E-state index in [2.05, 4.69) is 9.88 Å². The smallest absolute Gasteiger partial charge is 0.337 e. The third-order valence-electron chi connectivity index (χ3n) is 5.53. The van der Waals surface area contributed by atoms with Crippen LogP contribution in [0.25, 0.3) is 5.69 Å². The van der Waals surface area contributed by atoms with Crippen molar-refractivity contribution in [1.29, 1.82) is 0 Å². The van der Waals surface area contributed by atoms with Crippen molar-refractivity contribution in [2.45, 2.75) is 13.8 Å². The number of carboxylic acid groups (broad SMARTS) is 1. The molecule has 154 valence electrons. The first-order valence-corrected chi connectivity index (χ1v) is 9.93. The van der Waals surface area contributed by atoms with E-state index in [-0.39, 0.29) is 11.5 Å². The SMILES string of the molecule is Cc1ccc(C)n1-c1cc(C(=O)N2CCN(c3ccccn3)CC2)ccc1C(=O)O. The van der Waals surface area contributed by atoms with Crippen LogP contribution in [0.1, 0.15) is 32.1 Å². The molecule has 1 amide bonds. The fraction of sp³-hybridized carbons (Fsp3) is 0.261. The van der Waals surface area contributed by atoms with Gasteiger partial charge in [-0.15, -0.1) is 0 Å². The highest BCUT2D eigenvalue weighted by Gasteiger charge is 2.24. The van der Waals surface area contributed by atoms with E-state index < -0.39 is 5.97 Å². The topological polar surface area (TPSA) is 78.7 Å². The van der Waals surface area contributed by atoms with Gasteiger partial charge in [-0.3, -0.25) is 4.79 Å². The summed E-state index contributed by atoms with van der Waals surface area (Å²) < 4.78 is 1.87. The molecule has 1 fully saturated rings. The molecule has 0 spiro atoms. The molecule has 1 N–H and O–H groups in total. The molecule has 4 rings (SSSR count). The predicted molar refractivity (Wildman–Crippen MR) is 115 cm³/mol. The maximum atomic E-state index is 13.2. The molecule has 0 saturated carbocycles. The van der Waals surface area contributed by atoms with Crippen LogP contribution in [0.3, 0.4) is 0 Å². The number of anilines is 1. The molecule has 0 atom stereocenters. The van der Waals surface area contributed by atoms with Gasteiger partial charge in [0.25, 0.3) is 5.91 Å². The zero-order valence-corrected chi connectivity index (χ0v) is 17.1. The highest BCUT2D eigenvalue weighted by molar-refractivity contribution is 5.98. The molecule has 3 heterocycles. The highest BCUT2D eigenvalue weighted by Crippen LogP contribution is 2.23. The van der Waals surface area contributed by atoms with Crippen LogP contribution in [0.5, 0.6) is 0 Å². The molecule has 1 aliphatic heterocycles. The standard InChI is InChI=1S/C23H24N4O3/c1-16-6-7-17(2)27(16)20-15-18(8-9-19(20)23(29)30)22(28)26-13-11-25(12-14-26)21-5-3-4-10-24-21/h3-10,15H,11-14H2,1-2H3,(H,29,30). The summed E-state index contributed by atoms with van der Waals surface area (Å²) in [6.07, 6.45) is 1.77. The second kappa shape index (κ2) is 8.02. The van der Waals surface area contributed by atoms with Crippen molar-refractivity contribution in [2.24, 2.45) is 0 Å². The van der Waals surface area contributed by atoms with Gasteiger partial charge < -0.3 is 19.5 Å². The lowest BCUT2D eigenvalue weighted by Crippen LogP contribution is -2.49. The van der Waals surface area contributed by atoms with Gasteiger partial charge in [0.1, 0.15) is 5.82 Å². The summed E-state index contributed by atoms with van der Waals surface area (Å²) in [6, 6.07) is 14.5. The van der Waals surface area contributed by atoms with E-state index >= 15 is 0 Å². The van der Waals surface area contributed by atoms with Gasteiger partial charge in [0.15, 0.2) is 0 Å². The number of amides is 1. The van der Waals surface area contributed by atoms with E-state index in [0.29, 0.717) is 37.4 Å². The van der Waals surface area contributed by atoms with Crippen LogP contribution < -0.4 is 4.90 Å². The van der Waals surface area contributed by atoms with E-state index in [1.807, 2.05) is 53.6 Å². The lowest BCUT2D eigenvalue weighted by molar-refractivity contribution is 0.0693. The van der Waals surface area contributed by atoms with E-state index in [4.69, 9.17) is 0 Å². The second-order valence-corrected chi connectivity index (χ2v) is 7.46. The van der Waals surface area contributed by atoms with Crippen molar-refractivity contribution in [3.05, 3.63) is 77.2 Å². The van der Waals surface area contributed by atoms with Gasteiger partial charge in [-0.2, -0.15) is 0 Å². The summed E-state index contributed by atoms with van der Waals surface area (Å²) in [4.78, 5) is 33.3. The minimum absolute atomic E-state index is 0.0867. The largest absolute Gasteiger partial charge is 0.478 e. The summed E-state index contributed by atoms with van der Waals surface area (Å²) in [7, 11) is 0. The number of piperazine rings is 1. The molecule has 30 heavy (non-hydrogen) atoms. The Morgan fingerprint density at radius 1 is 0.933 bits per heavy atom. The second-order valence-electron chi connectivity index (χ2n) is 7.46. The molecule has 0 radical (unpaired) electrons. The molecule has 0 bridgehead atoms. The first kappa shape index (κ1) is 19.7. The van der Waals surface area contributed by atoms with Crippen molar-refractivity contribution in [3.63, 3.8) is 0 Å². The fourth-order valence-electron chi connectivity index (χ4n) is 3.94. The van der Waals surface area contributed by atoms with Gasteiger partial charge in [0, 0.05) is 49.3 Å². The van der Waals surface area contributed by atoms with Crippen LogP contribution in [-0.2, 0) is 0 Å². The lowest BCUT2D eigenvalue weighted by Gasteiger charge is -2.35. The Morgan fingerprint density at radius 3 is 2.23 bits per heavy atom. The van der Waals surface area contributed by atoms with Crippen LogP contribution in [0.4, 0.5) is 5.82 Å². The van der Waals surface area contributed by atoms with E-state index in [1.165, 1.54) is 6.07 Å². The number of aromatic carboxylic acids is 1. The molecular weight excluding hydrogens is 380 g/mol. The van der Waals surface area contributed by atoms with Crippen molar-refractivity contribution in [1.82, 2.24) is 14.5 Å². The zero-order valence-electron chi connectivity index (χ0n) is 17.1. The number of carbonyl (C=O) groups is 2. The number of pyridine rings is 1. The first-order chi connectivity index (χ1) is 14.5. The molecule has 2 aromatic heterocycles. The van der Waals surface area contributed by atoms with Crippen LogP contribution in [0, 0.1) is 13.8 Å². The summed E-state index contributed by atoms with van der Waals surface area (Å²) >= 11 is 0. The first-order valence-electron chi connectivity index (χ1n) is 9.93. The molecule has 7 nitrogen and oxygen atoms in total. The molecule has 7 heteroatoms. The number of carboxylic acids is 1. The van der Waals surface area contributed by atoms with Crippen LogP contribution in [0.2, 0.25) is 0 Å². The van der Waals surface area contributed by atoms with Gasteiger partial charge in [-0.1, -0.05) is 6.07 Å². The number of nitrogens with zero attached hydrogens (tertiary/aromatic N) is 4. The van der Waals surface area contributed by atoms with Crippen molar-refractivity contribution in [3.8, 4) is 5.69 Å². The van der Waals surface area contributed by atoms with E-state index in [1.54, 1.807) is 18.3 Å². The number of rotatable bonds is 4. The van der Waals surface area contributed by atoms with Crippen LogP contribution >= 0.6 is 0 Å². The fourth-order valence-corrected chi connectivity index (χ4v) is 3.94. The number of carbonyl (C=O) groups excluding carboxylic acids is 1. The Labute approximate surface area is 175 Å². The van der Waals surface area contributed by atoms with Crippen molar-refractivity contribution < 1.29 is 14.7 Å². The average Bonchev–Trinajstić information content (AvgIpc) is 3.11. The van der Waals surface area contributed by atoms with Gasteiger partial charge in [-0.05, 0) is 56.3 Å². The highest BCUT2D eigenvalue weighted by atomic mass is 16.4. The van der Waals surface area contributed by atoms with Gasteiger partial charge in [0.2, 0.25) is 0 Å². The van der Waals surface area contributed by atoms with E-state index in [0.717, 1.165) is 17.2 Å². The summed E-state index contributed by atoms with van der Waals surface area (Å²) in [5.41, 5.74) is 3.02. The van der Waals surface area contributed by atoms with Gasteiger partial charge >= 0.3 is 5.97 Å². The zero-order chi connectivity index (χ0) is 21.3.